The van der Waals surface area contributed by atoms with Gasteiger partial charge in [0.05, 0.1) is 6.42 Å². The molecule has 3 aliphatic rings. The summed E-state index contributed by atoms with van der Waals surface area (Å²) >= 11 is 0. The summed E-state index contributed by atoms with van der Waals surface area (Å²) in [6, 6.07) is 11.4. The summed E-state index contributed by atoms with van der Waals surface area (Å²) in [4.78, 5) is 14.6. The van der Waals surface area contributed by atoms with Gasteiger partial charge in [-0.3, -0.25) is 4.79 Å². The molecule has 3 fully saturated rings. The van der Waals surface area contributed by atoms with Crippen LogP contribution >= 0.6 is 0 Å². The molecule has 1 aromatic carbocycles. The van der Waals surface area contributed by atoms with E-state index >= 15 is 0 Å². The number of benzene rings is 1. The van der Waals surface area contributed by atoms with Gasteiger partial charge < -0.3 is 10.2 Å². The van der Waals surface area contributed by atoms with E-state index in [2.05, 4.69) is 10.2 Å². The first-order chi connectivity index (χ1) is 11.8. The second-order valence-corrected chi connectivity index (χ2v) is 8.06. The zero-order chi connectivity index (χ0) is 16.4. The predicted molar refractivity (Wildman–Crippen MR) is 96.7 cm³/mol. The summed E-state index contributed by atoms with van der Waals surface area (Å²) in [6.07, 6.45) is 10.2. The van der Waals surface area contributed by atoms with E-state index in [1.807, 2.05) is 30.3 Å². The Morgan fingerprint density at radius 1 is 1.04 bits per heavy atom. The summed E-state index contributed by atoms with van der Waals surface area (Å²) in [7, 11) is 0. The molecule has 1 N–H and O–H groups in total. The molecule has 3 heteroatoms. The summed E-state index contributed by atoms with van der Waals surface area (Å²) in [6.45, 7) is 1.83. The fraction of sp³-hybridized carbons (Fsp3) is 0.667. The largest absolute Gasteiger partial charge is 0.341 e. The Balaban J connectivity index is 1.29. The van der Waals surface area contributed by atoms with Gasteiger partial charge in [-0.1, -0.05) is 43.2 Å². The van der Waals surface area contributed by atoms with E-state index in [-0.39, 0.29) is 5.91 Å². The van der Waals surface area contributed by atoms with E-state index in [4.69, 9.17) is 0 Å². The van der Waals surface area contributed by atoms with Gasteiger partial charge in [0.25, 0.3) is 0 Å². The molecule has 0 bridgehead atoms. The molecule has 1 aromatic rings. The highest BCUT2D eigenvalue weighted by Gasteiger charge is 2.38. The van der Waals surface area contributed by atoms with Crippen molar-refractivity contribution in [2.75, 3.05) is 13.1 Å². The average Bonchev–Trinajstić information content (AvgIpc) is 2.93. The monoisotopic (exact) mass is 326 g/mol. The second kappa shape index (κ2) is 7.26. The minimum atomic E-state index is 0.286. The number of carbonyl (C=O) groups is 1. The van der Waals surface area contributed by atoms with Crippen molar-refractivity contribution < 1.29 is 4.79 Å². The van der Waals surface area contributed by atoms with Gasteiger partial charge in [0, 0.05) is 25.2 Å². The van der Waals surface area contributed by atoms with Crippen molar-refractivity contribution in [1.29, 1.82) is 0 Å². The van der Waals surface area contributed by atoms with Crippen LogP contribution in [0.5, 0.6) is 0 Å². The van der Waals surface area contributed by atoms with E-state index < -0.39 is 0 Å². The van der Waals surface area contributed by atoms with Gasteiger partial charge in [-0.25, -0.2) is 0 Å². The number of rotatable bonds is 6. The first kappa shape index (κ1) is 16.1. The summed E-state index contributed by atoms with van der Waals surface area (Å²) in [5.74, 6) is 2.10. The number of hydrogen-bond acceptors (Lipinski definition) is 2. The minimum absolute atomic E-state index is 0.286. The molecule has 3 nitrogen and oxygen atoms in total. The molecule has 1 aliphatic heterocycles. The number of carbonyl (C=O) groups excluding carboxylic acids is 1. The highest BCUT2D eigenvalue weighted by molar-refractivity contribution is 5.79. The van der Waals surface area contributed by atoms with E-state index in [0.29, 0.717) is 12.5 Å². The normalized spacial score (nSPS) is 24.9. The van der Waals surface area contributed by atoms with Crippen molar-refractivity contribution in [3.05, 3.63) is 35.9 Å². The van der Waals surface area contributed by atoms with Gasteiger partial charge in [0.15, 0.2) is 0 Å². The molecular formula is C21H30N2O. The quantitative estimate of drug-likeness (QED) is 0.869. The van der Waals surface area contributed by atoms with Crippen LogP contribution in [0.1, 0.15) is 50.5 Å². The number of likely N-dealkylation sites (tertiary alicyclic amines) is 1. The molecule has 0 radical (unpaired) electrons. The molecule has 1 heterocycles. The van der Waals surface area contributed by atoms with Gasteiger partial charge in [-0.05, 0) is 49.5 Å². The Kier molecular flexibility index (Phi) is 4.88. The van der Waals surface area contributed by atoms with E-state index in [1.165, 1.54) is 38.5 Å². The fourth-order valence-electron chi connectivity index (χ4n) is 4.53. The maximum atomic E-state index is 12.5. The Labute approximate surface area is 145 Å². The van der Waals surface area contributed by atoms with Crippen molar-refractivity contribution in [3.63, 3.8) is 0 Å². The lowest BCUT2D eigenvalue weighted by Crippen LogP contribution is -2.51. The van der Waals surface area contributed by atoms with Gasteiger partial charge in [-0.15, -0.1) is 0 Å². The van der Waals surface area contributed by atoms with Crippen LogP contribution in [0.4, 0.5) is 0 Å². The standard InChI is InChI=1S/C21H30N2O/c24-20(14-16-6-2-1-3-7-16)23-13-12-19(15-23)22-21(17-8-4-9-17)18-10-5-11-18/h1-3,6-7,17-19,21-22H,4-5,8-15H2/t19-/m1/s1. The van der Waals surface area contributed by atoms with Gasteiger partial charge >= 0.3 is 0 Å². The zero-order valence-electron chi connectivity index (χ0n) is 14.6. The number of hydrogen-bond donors (Lipinski definition) is 1. The molecule has 0 unspecified atom stereocenters. The lowest BCUT2D eigenvalue weighted by Gasteiger charge is -2.44. The smallest absolute Gasteiger partial charge is 0.227 e. The van der Waals surface area contributed by atoms with Gasteiger partial charge in [-0.2, -0.15) is 0 Å². The third-order valence-corrected chi connectivity index (χ3v) is 6.48. The second-order valence-electron chi connectivity index (χ2n) is 8.06. The summed E-state index contributed by atoms with van der Waals surface area (Å²) in [5, 5.41) is 3.97. The van der Waals surface area contributed by atoms with E-state index in [1.54, 1.807) is 0 Å². The average molecular weight is 326 g/mol. The van der Waals surface area contributed by atoms with Crippen LogP contribution in [0.3, 0.4) is 0 Å². The van der Waals surface area contributed by atoms with Crippen molar-refractivity contribution >= 4 is 5.91 Å². The molecular weight excluding hydrogens is 296 g/mol. The molecule has 24 heavy (non-hydrogen) atoms. The van der Waals surface area contributed by atoms with Crippen molar-refractivity contribution in [3.8, 4) is 0 Å². The molecule has 1 saturated heterocycles. The van der Waals surface area contributed by atoms with Gasteiger partial charge in [0.1, 0.15) is 0 Å². The van der Waals surface area contributed by atoms with Crippen LogP contribution in [0.15, 0.2) is 30.3 Å². The van der Waals surface area contributed by atoms with Crippen LogP contribution in [-0.4, -0.2) is 36.0 Å². The van der Waals surface area contributed by atoms with Crippen LogP contribution in [0, 0.1) is 11.8 Å². The van der Waals surface area contributed by atoms with Crippen molar-refractivity contribution in [1.82, 2.24) is 10.2 Å². The lowest BCUT2D eigenvalue weighted by atomic mass is 9.68. The topological polar surface area (TPSA) is 32.3 Å². The van der Waals surface area contributed by atoms with Crippen molar-refractivity contribution in [2.24, 2.45) is 11.8 Å². The van der Waals surface area contributed by atoms with Crippen LogP contribution in [0.2, 0.25) is 0 Å². The molecule has 1 atom stereocenters. The Hall–Kier alpha value is -1.35. The Bertz CT molecular complexity index is 536. The first-order valence-corrected chi connectivity index (χ1v) is 9.87. The third kappa shape index (κ3) is 3.51. The molecule has 130 valence electrons. The lowest BCUT2D eigenvalue weighted by molar-refractivity contribution is -0.129. The van der Waals surface area contributed by atoms with E-state index in [9.17, 15) is 4.79 Å². The molecule has 1 amide bonds. The predicted octanol–water partition coefficient (Wildman–Crippen LogP) is 3.39. The highest BCUT2D eigenvalue weighted by atomic mass is 16.2. The van der Waals surface area contributed by atoms with E-state index in [0.717, 1.165) is 43.0 Å². The van der Waals surface area contributed by atoms with Crippen LogP contribution < -0.4 is 5.32 Å². The van der Waals surface area contributed by atoms with Crippen molar-refractivity contribution in [2.45, 2.75) is 63.5 Å². The maximum Gasteiger partial charge on any atom is 0.227 e. The molecule has 0 aromatic heterocycles. The molecule has 4 rings (SSSR count). The SMILES string of the molecule is O=C(Cc1ccccc1)N1CC[C@@H](NC(C2CCC2)C2CCC2)C1. The van der Waals surface area contributed by atoms with Crippen LogP contribution in [-0.2, 0) is 11.2 Å². The number of nitrogens with zero attached hydrogens (tertiary/aromatic N) is 1. The Morgan fingerprint density at radius 2 is 1.71 bits per heavy atom. The summed E-state index contributed by atoms with van der Waals surface area (Å²) in [5.41, 5.74) is 1.13. The fourth-order valence-corrected chi connectivity index (χ4v) is 4.53. The Morgan fingerprint density at radius 3 is 2.29 bits per heavy atom. The first-order valence-electron chi connectivity index (χ1n) is 9.87. The number of nitrogens with one attached hydrogen (secondary N) is 1. The maximum absolute atomic E-state index is 12.5. The molecule has 2 aliphatic carbocycles. The van der Waals surface area contributed by atoms with Gasteiger partial charge in [0.2, 0.25) is 5.91 Å². The molecule has 2 saturated carbocycles. The zero-order valence-corrected chi connectivity index (χ0v) is 14.6. The highest BCUT2D eigenvalue weighted by Crippen LogP contribution is 2.40. The van der Waals surface area contributed by atoms with Crippen LogP contribution in [0.25, 0.3) is 0 Å². The minimum Gasteiger partial charge on any atom is -0.341 e. The molecule has 0 spiro atoms. The third-order valence-electron chi connectivity index (χ3n) is 6.48. The summed E-state index contributed by atoms with van der Waals surface area (Å²) < 4.78 is 0. The number of amides is 1.